The summed E-state index contributed by atoms with van der Waals surface area (Å²) in [6.07, 6.45) is 18.9. The van der Waals surface area contributed by atoms with Crippen LogP contribution in [0.3, 0.4) is 0 Å². The number of hydrogen-bond acceptors (Lipinski definition) is 1. The Balaban J connectivity index is 2.05. The minimum absolute atomic E-state index is 0.261. The van der Waals surface area contributed by atoms with Crippen molar-refractivity contribution in [1.29, 1.82) is 0 Å². The van der Waals surface area contributed by atoms with Gasteiger partial charge in [0.05, 0.1) is 6.10 Å². The molecule has 0 radical (unpaired) electrons. The van der Waals surface area contributed by atoms with Gasteiger partial charge in [0.2, 0.25) is 0 Å². The fourth-order valence-corrected chi connectivity index (χ4v) is 2.72. The molecule has 2 unspecified atom stereocenters. The summed E-state index contributed by atoms with van der Waals surface area (Å²) in [5.74, 6) is 0.504. The lowest BCUT2D eigenvalue weighted by Gasteiger charge is -2.24. The van der Waals surface area contributed by atoms with Crippen LogP contribution in [0.2, 0.25) is 0 Å². The molecular formula is C19H24O. The molecule has 2 atom stereocenters. The smallest absolute Gasteiger partial charge is 0.0577 e. The molecule has 0 bridgehead atoms. The Labute approximate surface area is 122 Å². The predicted octanol–water partition coefficient (Wildman–Crippen LogP) is 4.89. The van der Waals surface area contributed by atoms with E-state index in [0.717, 1.165) is 12.8 Å². The molecule has 2 aliphatic carbocycles. The van der Waals surface area contributed by atoms with Crippen LogP contribution in [-0.4, -0.2) is 13.2 Å². The molecule has 106 valence electrons. The first kappa shape index (κ1) is 14.9. The standard InChI is InChI=1S/C19H24O/c1-16(20-2)19(15-18-12-8-5-9-13-18)14-17-10-6-3-4-7-11-17/h3,5-6,8,10,12,16,19H,4,7,11,14-15H2,1-2H3. The first-order valence-corrected chi connectivity index (χ1v) is 7.54. The van der Waals surface area contributed by atoms with E-state index >= 15 is 0 Å². The Hall–Kier alpha value is -1.52. The van der Waals surface area contributed by atoms with Gasteiger partial charge in [0.15, 0.2) is 0 Å². The Bertz CT molecular complexity index is 506. The van der Waals surface area contributed by atoms with Crippen molar-refractivity contribution < 1.29 is 4.74 Å². The van der Waals surface area contributed by atoms with E-state index in [2.05, 4.69) is 42.7 Å². The van der Waals surface area contributed by atoms with Gasteiger partial charge in [0.25, 0.3) is 0 Å². The van der Waals surface area contributed by atoms with Crippen molar-refractivity contribution in [1.82, 2.24) is 0 Å². The fraction of sp³-hybridized carbons (Fsp3) is 0.474. The van der Waals surface area contributed by atoms with E-state index in [1.807, 2.05) is 12.2 Å². The minimum atomic E-state index is 0.261. The summed E-state index contributed by atoms with van der Waals surface area (Å²) in [5.41, 5.74) is 9.04. The van der Waals surface area contributed by atoms with Crippen LogP contribution in [-0.2, 0) is 4.74 Å². The van der Waals surface area contributed by atoms with Gasteiger partial charge < -0.3 is 4.74 Å². The van der Waals surface area contributed by atoms with E-state index in [-0.39, 0.29) is 6.10 Å². The number of methoxy groups -OCH3 is 1. The van der Waals surface area contributed by atoms with Crippen LogP contribution < -0.4 is 0 Å². The van der Waals surface area contributed by atoms with Crippen LogP contribution in [0.5, 0.6) is 0 Å². The number of hydrogen-bond donors (Lipinski definition) is 0. The number of rotatable bonds is 6. The summed E-state index contributed by atoms with van der Waals surface area (Å²) in [6.45, 7) is 2.17. The van der Waals surface area contributed by atoms with Gasteiger partial charge in [-0.05, 0) is 57.1 Å². The van der Waals surface area contributed by atoms with Crippen LogP contribution in [0.25, 0.3) is 0 Å². The largest absolute Gasteiger partial charge is 0.381 e. The van der Waals surface area contributed by atoms with E-state index in [4.69, 9.17) is 4.74 Å². The molecule has 0 aliphatic heterocycles. The molecule has 0 saturated carbocycles. The molecule has 0 fully saturated rings. The summed E-state index contributed by atoms with van der Waals surface area (Å²) in [7, 11) is 1.81. The van der Waals surface area contributed by atoms with Crippen molar-refractivity contribution in [2.75, 3.05) is 7.11 Å². The second-order valence-corrected chi connectivity index (χ2v) is 5.57. The lowest BCUT2D eigenvalue weighted by molar-refractivity contribution is 0.0667. The summed E-state index contributed by atoms with van der Waals surface area (Å²) >= 11 is 0. The molecule has 0 aromatic rings. The zero-order valence-corrected chi connectivity index (χ0v) is 12.6. The molecule has 0 saturated heterocycles. The van der Waals surface area contributed by atoms with Crippen molar-refractivity contribution in [3.63, 3.8) is 0 Å². The van der Waals surface area contributed by atoms with Gasteiger partial charge in [-0.2, -0.15) is 0 Å². The second kappa shape index (κ2) is 7.92. The maximum atomic E-state index is 5.59. The van der Waals surface area contributed by atoms with Crippen LogP contribution in [0.4, 0.5) is 0 Å². The van der Waals surface area contributed by atoms with Gasteiger partial charge in [-0.1, -0.05) is 41.3 Å². The number of allylic oxidation sites excluding steroid dienone is 8. The predicted molar refractivity (Wildman–Crippen MR) is 84.5 cm³/mol. The maximum absolute atomic E-state index is 5.59. The summed E-state index contributed by atoms with van der Waals surface area (Å²) in [5, 5.41) is 0. The van der Waals surface area contributed by atoms with E-state index in [1.54, 1.807) is 12.7 Å². The molecule has 0 aromatic carbocycles. The van der Waals surface area contributed by atoms with Crippen LogP contribution in [0.15, 0.2) is 59.1 Å². The Morgan fingerprint density at radius 2 is 2.20 bits per heavy atom. The highest BCUT2D eigenvalue weighted by Crippen LogP contribution is 2.28. The van der Waals surface area contributed by atoms with Crippen LogP contribution in [0, 0.1) is 5.92 Å². The van der Waals surface area contributed by atoms with Crippen LogP contribution in [0.1, 0.15) is 39.0 Å². The van der Waals surface area contributed by atoms with E-state index in [9.17, 15) is 0 Å². The zero-order chi connectivity index (χ0) is 14.2. The van der Waals surface area contributed by atoms with Crippen molar-refractivity contribution in [3.05, 3.63) is 59.1 Å². The zero-order valence-electron chi connectivity index (χ0n) is 12.6. The first-order chi connectivity index (χ1) is 9.79. The van der Waals surface area contributed by atoms with E-state index in [0.29, 0.717) is 5.92 Å². The minimum Gasteiger partial charge on any atom is -0.381 e. The molecular weight excluding hydrogens is 244 g/mol. The maximum Gasteiger partial charge on any atom is 0.0577 e. The normalized spacial score (nSPS) is 20.3. The molecule has 2 rings (SSSR count). The molecule has 0 aromatic heterocycles. The topological polar surface area (TPSA) is 9.23 Å². The van der Waals surface area contributed by atoms with E-state index < -0.39 is 0 Å². The summed E-state index contributed by atoms with van der Waals surface area (Å²) in [6, 6.07) is 0. The molecule has 0 spiro atoms. The SMILES string of the molecule is COC(C)C(CC1=C=C=CC=C1)CC1=CC=CCCC1. The Kier molecular flexibility index (Phi) is 5.89. The highest BCUT2D eigenvalue weighted by Gasteiger charge is 2.20. The van der Waals surface area contributed by atoms with Gasteiger partial charge in [0.1, 0.15) is 0 Å². The van der Waals surface area contributed by atoms with Crippen molar-refractivity contribution >= 4 is 0 Å². The third-order valence-electron chi connectivity index (χ3n) is 4.09. The van der Waals surface area contributed by atoms with Gasteiger partial charge in [-0.15, -0.1) is 0 Å². The average molecular weight is 268 g/mol. The first-order valence-electron chi connectivity index (χ1n) is 7.54. The molecule has 2 aliphatic rings. The van der Waals surface area contributed by atoms with Crippen molar-refractivity contribution in [2.45, 2.75) is 45.1 Å². The third kappa shape index (κ3) is 4.54. The van der Waals surface area contributed by atoms with Crippen molar-refractivity contribution in [3.8, 4) is 0 Å². The van der Waals surface area contributed by atoms with Crippen molar-refractivity contribution in [2.24, 2.45) is 5.92 Å². The third-order valence-corrected chi connectivity index (χ3v) is 4.09. The summed E-state index contributed by atoms with van der Waals surface area (Å²) < 4.78 is 5.59. The molecule has 0 amide bonds. The van der Waals surface area contributed by atoms with Gasteiger partial charge >= 0.3 is 0 Å². The molecule has 0 N–H and O–H groups in total. The molecule has 1 nitrogen and oxygen atoms in total. The lowest BCUT2D eigenvalue weighted by atomic mass is 9.87. The highest BCUT2D eigenvalue weighted by atomic mass is 16.5. The average Bonchev–Trinajstić information content (AvgIpc) is 2.75. The second-order valence-electron chi connectivity index (χ2n) is 5.57. The van der Waals surface area contributed by atoms with Gasteiger partial charge in [-0.25, -0.2) is 0 Å². The van der Waals surface area contributed by atoms with Gasteiger partial charge in [0, 0.05) is 12.7 Å². The fourth-order valence-electron chi connectivity index (χ4n) is 2.72. The van der Waals surface area contributed by atoms with Crippen LogP contribution >= 0.6 is 0 Å². The van der Waals surface area contributed by atoms with E-state index in [1.165, 1.54) is 24.8 Å². The molecule has 0 heterocycles. The Morgan fingerprint density at radius 3 is 2.95 bits per heavy atom. The highest BCUT2D eigenvalue weighted by molar-refractivity contribution is 5.26. The molecule has 1 heteroatoms. The number of ether oxygens (including phenoxy) is 1. The van der Waals surface area contributed by atoms with Gasteiger partial charge in [-0.3, -0.25) is 0 Å². The Morgan fingerprint density at radius 1 is 1.30 bits per heavy atom. The monoisotopic (exact) mass is 268 g/mol. The lowest BCUT2D eigenvalue weighted by Crippen LogP contribution is -2.20. The summed E-state index contributed by atoms with van der Waals surface area (Å²) in [4.78, 5) is 0. The quantitative estimate of drug-likeness (QED) is 0.623. The molecule has 20 heavy (non-hydrogen) atoms.